The fraction of sp³-hybridized carbons (Fsp3) is 0.364. The van der Waals surface area contributed by atoms with Gasteiger partial charge in [0.1, 0.15) is 6.54 Å². The fourth-order valence-corrected chi connectivity index (χ4v) is 3.62. The van der Waals surface area contributed by atoms with Crippen LogP contribution < -0.4 is 10.2 Å². The summed E-state index contributed by atoms with van der Waals surface area (Å²) in [4.78, 5) is 25.8. The molecule has 2 aromatic rings. The lowest BCUT2D eigenvalue weighted by Gasteiger charge is -2.26. The first kappa shape index (κ1) is 19.1. The Morgan fingerprint density at radius 3 is 2.63 bits per heavy atom. The molecule has 0 bridgehead atoms. The zero-order chi connectivity index (χ0) is 19.2. The predicted octanol–water partition coefficient (Wildman–Crippen LogP) is 3.03. The van der Waals surface area contributed by atoms with Crippen LogP contribution in [0.3, 0.4) is 0 Å². The Morgan fingerprint density at radius 2 is 1.89 bits per heavy atom. The van der Waals surface area contributed by atoms with Crippen LogP contribution in [0, 0.1) is 0 Å². The summed E-state index contributed by atoms with van der Waals surface area (Å²) in [5, 5.41) is 12.7. The maximum Gasteiger partial charge on any atom is 0.323 e. The van der Waals surface area contributed by atoms with Crippen molar-refractivity contribution in [1.82, 2.24) is 5.32 Å². The molecule has 1 aliphatic heterocycles. The number of fused-ring (bicyclic) bond motifs is 1. The summed E-state index contributed by atoms with van der Waals surface area (Å²) in [6.45, 7) is 1.77. The quantitative estimate of drug-likeness (QED) is 0.790. The number of rotatable bonds is 7. The number of carboxylic acid groups (broad SMARTS) is 1. The lowest BCUT2D eigenvalue weighted by molar-refractivity contribution is -0.136. The number of carbonyl (C=O) groups is 2. The zero-order valence-electron chi connectivity index (χ0n) is 15.6. The first-order chi connectivity index (χ1) is 13.0. The van der Waals surface area contributed by atoms with Gasteiger partial charge in [0, 0.05) is 11.7 Å². The lowest BCUT2D eigenvalue weighted by Crippen LogP contribution is -2.50. The summed E-state index contributed by atoms with van der Waals surface area (Å²) in [6.07, 6.45) is 3.28. The number of carbonyl (C=O) groups excluding carboxylic acids is 1. The van der Waals surface area contributed by atoms with Gasteiger partial charge in [-0.05, 0) is 49.8 Å². The van der Waals surface area contributed by atoms with Crippen molar-refractivity contribution in [3.8, 4) is 0 Å². The molecule has 2 aromatic carbocycles. The zero-order valence-corrected chi connectivity index (χ0v) is 15.6. The van der Waals surface area contributed by atoms with Crippen molar-refractivity contribution >= 4 is 17.6 Å². The molecule has 5 nitrogen and oxygen atoms in total. The van der Waals surface area contributed by atoms with Gasteiger partial charge in [-0.15, -0.1) is 0 Å². The van der Waals surface area contributed by atoms with E-state index in [1.165, 1.54) is 10.5 Å². The number of aliphatic carboxylic acids is 1. The van der Waals surface area contributed by atoms with Crippen LogP contribution in [-0.4, -0.2) is 35.6 Å². The second-order valence-electron chi connectivity index (χ2n) is 7.13. The highest BCUT2D eigenvalue weighted by atomic mass is 16.4. The number of carboxylic acids is 1. The van der Waals surface area contributed by atoms with Gasteiger partial charge in [0.25, 0.3) is 0 Å². The summed E-state index contributed by atoms with van der Waals surface area (Å²) in [5.74, 6) is -1.16. The largest absolute Gasteiger partial charge is 0.480 e. The van der Waals surface area contributed by atoms with Crippen LogP contribution in [0.4, 0.5) is 5.69 Å². The second kappa shape index (κ2) is 8.82. The Hall–Kier alpha value is -2.66. The molecule has 0 saturated heterocycles. The summed E-state index contributed by atoms with van der Waals surface area (Å²) < 4.78 is 0. The monoisotopic (exact) mass is 366 g/mol. The standard InChI is InChI=1S/C22H26N2O3/c1-16(11-12-17-7-3-2-4-8-17)23-19-14-13-18-9-5-6-10-20(18)24(22(19)27)15-21(25)26/h2-10,16,19,23H,11-15H2,1H3,(H,25,26)/t16-,19+/m1/s1. The van der Waals surface area contributed by atoms with E-state index in [2.05, 4.69) is 24.4 Å². The van der Waals surface area contributed by atoms with Crippen molar-refractivity contribution < 1.29 is 14.7 Å². The molecule has 1 aliphatic rings. The number of nitrogens with zero attached hydrogens (tertiary/aromatic N) is 1. The van der Waals surface area contributed by atoms with E-state index in [1.54, 1.807) is 0 Å². The van der Waals surface area contributed by atoms with E-state index in [1.807, 2.05) is 42.5 Å². The van der Waals surface area contributed by atoms with Crippen molar-refractivity contribution in [2.45, 2.75) is 44.7 Å². The predicted molar refractivity (Wildman–Crippen MR) is 106 cm³/mol. The molecular formula is C22H26N2O3. The molecule has 27 heavy (non-hydrogen) atoms. The number of nitrogens with one attached hydrogen (secondary N) is 1. The Kier molecular flexibility index (Phi) is 6.24. The molecule has 0 saturated carbocycles. The fourth-order valence-electron chi connectivity index (χ4n) is 3.62. The highest BCUT2D eigenvalue weighted by molar-refractivity contribution is 6.01. The molecule has 0 fully saturated rings. The van der Waals surface area contributed by atoms with E-state index in [4.69, 9.17) is 0 Å². The van der Waals surface area contributed by atoms with Crippen molar-refractivity contribution in [3.63, 3.8) is 0 Å². The summed E-state index contributed by atoms with van der Waals surface area (Å²) in [5.41, 5.74) is 3.01. The molecule has 2 N–H and O–H groups in total. The third-order valence-electron chi connectivity index (χ3n) is 5.04. The molecule has 1 heterocycles. The minimum atomic E-state index is -1.00. The van der Waals surface area contributed by atoms with Crippen LogP contribution in [0.5, 0.6) is 0 Å². The number of para-hydroxylation sites is 1. The first-order valence-electron chi connectivity index (χ1n) is 9.45. The maximum absolute atomic E-state index is 13.1. The normalized spacial score (nSPS) is 17.9. The van der Waals surface area contributed by atoms with E-state index in [9.17, 15) is 14.7 Å². The first-order valence-corrected chi connectivity index (χ1v) is 9.45. The molecule has 5 heteroatoms. The molecule has 1 amide bonds. The van der Waals surface area contributed by atoms with E-state index in [-0.39, 0.29) is 24.5 Å². The number of hydrogen-bond acceptors (Lipinski definition) is 3. The Morgan fingerprint density at radius 1 is 1.19 bits per heavy atom. The highest BCUT2D eigenvalue weighted by Gasteiger charge is 2.31. The number of amides is 1. The van der Waals surface area contributed by atoms with Gasteiger partial charge in [0.2, 0.25) is 5.91 Å². The summed E-state index contributed by atoms with van der Waals surface area (Å²) >= 11 is 0. The van der Waals surface area contributed by atoms with E-state index in [0.29, 0.717) is 12.1 Å². The molecule has 3 rings (SSSR count). The molecular weight excluding hydrogens is 340 g/mol. The highest BCUT2D eigenvalue weighted by Crippen LogP contribution is 2.27. The van der Waals surface area contributed by atoms with Gasteiger partial charge in [0.15, 0.2) is 0 Å². The van der Waals surface area contributed by atoms with Gasteiger partial charge in [0.05, 0.1) is 6.04 Å². The minimum Gasteiger partial charge on any atom is -0.480 e. The molecule has 0 radical (unpaired) electrons. The lowest BCUT2D eigenvalue weighted by atomic mass is 10.0. The van der Waals surface area contributed by atoms with Gasteiger partial charge in [-0.3, -0.25) is 14.5 Å². The van der Waals surface area contributed by atoms with Gasteiger partial charge >= 0.3 is 5.97 Å². The topological polar surface area (TPSA) is 69.6 Å². The Labute approximate surface area is 160 Å². The Balaban J connectivity index is 1.68. The number of hydrogen-bond donors (Lipinski definition) is 2. The van der Waals surface area contributed by atoms with Gasteiger partial charge in [-0.1, -0.05) is 48.5 Å². The third-order valence-corrected chi connectivity index (χ3v) is 5.04. The SMILES string of the molecule is C[C@H](CCc1ccccc1)N[C@H]1CCc2ccccc2N(CC(=O)O)C1=O. The summed E-state index contributed by atoms with van der Waals surface area (Å²) in [6, 6.07) is 17.6. The number of aryl methyl sites for hydroxylation is 2. The van der Waals surface area contributed by atoms with Crippen LogP contribution in [0.2, 0.25) is 0 Å². The molecule has 0 unspecified atom stereocenters. The Bertz CT molecular complexity index is 791. The van der Waals surface area contributed by atoms with Gasteiger partial charge in [-0.25, -0.2) is 0 Å². The molecule has 0 aliphatic carbocycles. The third kappa shape index (κ3) is 4.95. The van der Waals surface area contributed by atoms with Crippen LogP contribution in [0.25, 0.3) is 0 Å². The average Bonchev–Trinajstić information content (AvgIpc) is 2.79. The number of anilines is 1. The van der Waals surface area contributed by atoms with Crippen LogP contribution in [0.1, 0.15) is 30.9 Å². The van der Waals surface area contributed by atoms with Crippen molar-refractivity contribution in [2.75, 3.05) is 11.4 Å². The molecule has 0 aromatic heterocycles. The van der Waals surface area contributed by atoms with E-state index in [0.717, 1.165) is 24.8 Å². The molecule has 0 spiro atoms. The van der Waals surface area contributed by atoms with Crippen LogP contribution >= 0.6 is 0 Å². The summed E-state index contributed by atoms with van der Waals surface area (Å²) in [7, 11) is 0. The van der Waals surface area contributed by atoms with E-state index >= 15 is 0 Å². The average molecular weight is 366 g/mol. The molecule has 142 valence electrons. The minimum absolute atomic E-state index is 0.158. The smallest absolute Gasteiger partial charge is 0.323 e. The van der Waals surface area contributed by atoms with Gasteiger partial charge < -0.3 is 10.4 Å². The van der Waals surface area contributed by atoms with Crippen molar-refractivity contribution in [3.05, 3.63) is 65.7 Å². The second-order valence-corrected chi connectivity index (χ2v) is 7.13. The van der Waals surface area contributed by atoms with Crippen molar-refractivity contribution in [1.29, 1.82) is 0 Å². The van der Waals surface area contributed by atoms with Crippen LogP contribution in [-0.2, 0) is 22.4 Å². The van der Waals surface area contributed by atoms with Crippen LogP contribution in [0.15, 0.2) is 54.6 Å². The van der Waals surface area contributed by atoms with Crippen molar-refractivity contribution in [2.24, 2.45) is 0 Å². The van der Waals surface area contributed by atoms with E-state index < -0.39 is 5.97 Å². The number of benzene rings is 2. The molecule has 2 atom stereocenters. The maximum atomic E-state index is 13.1. The van der Waals surface area contributed by atoms with Gasteiger partial charge in [-0.2, -0.15) is 0 Å².